The van der Waals surface area contributed by atoms with E-state index >= 15 is 0 Å². The topological polar surface area (TPSA) is 84.9 Å². The predicted molar refractivity (Wildman–Crippen MR) is 46.0 cm³/mol. The van der Waals surface area contributed by atoms with Gasteiger partial charge in [-0.25, -0.2) is 9.59 Å². The van der Waals surface area contributed by atoms with Gasteiger partial charge in [0.05, 0.1) is 7.11 Å². The molecule has 1 saturated heterocycles. The molecular weight excluding hydrogens is 190 g/mol. The normalized spacial score (nSPS) is 19.8. The van der Waals surface area contributed by atoms with Crippen LogP contribution in [0.25, 0.3) is 0 Å². The van der Waals surface area contributed by atoms with Crippen LogP contribution in [-0.4, -0.2) is 43.0 Å². The molecule has 0 spiro atoms. The van der Waals surface area contributed by atoms with E-state index in [1.807, 2.05) is 0 Å². The quantitative estimate of drug-likeness (QED) is 0.658. The fourth-order valence-corrected chi connectivity index (χ4v) is 1.36. The van der Waals surface area contributed by atoms with E-state index in [4.69, 9.17) is 9.84 Å². The van der Waals surface area contributed by atoms with Crippen molar-refractivity contribution in [3.05, 3.63) is 0 Å². The smallest absolute Gasteiger partial charge is 0.407 e. The van der Waals surface area contributed by atoms with Crippen molar-refractivity contribution in [2.75, 3.05) is 20.3 Å². The number of carboxylic acids is 1. The molecule has 6 heteroatoms. The van der Waals surface area contributed by atoms with Gasteiger partial charge in [-0.15, -0.1) is 0 Å². The minimum atomic E-state index is -1.23. The Hall–Kier alpha value is -1.30. The summed E-state index contributed by atoms with van der Waals surface area (Å²) in [4.78, 5) is 22.0. The third-order valence-electron chi connectivity index (χ3n) is 2.28. The van der Waals surface area contributed by atoms with Gasteiger partial charge in [-0.2, -0.15) is 0 Å². The molecule has 1 rings (SSSR count). The molecular formula is C8H13NO5. The number of methoxy groups -OCH3 is 1. The second-order valence-electron chi connectivity index (χ2n) is 3.12. The van der Waals surface area contributed by atoms with E-state index in [1.54, 1.807) is 0 Å². The van der Waals surface area contributed by atoms with Crippen molar-refractivity contribution in [1.82, 2.24) is 5.32 Å². The van der Waals surface area contributed by atoms with Crippen LogP contribution in [0.2, 0.25) is 0 Å². The molecule has 2 N–H and O–H groups in total. The van der Waals surface area contributed by atoms with Crippen molar-refractivity contribution in [1.29, 1.82) is 0 Å². The van der Waals surface area contributed by atoms with E-state index in [0.29, 0.717) is 13.2 Å². The van der Waals surface area contributed by atoms with Gasteiger partial charge in [0, 0.05) is 26.1 Å². The van der Waals surface area contributed by atoms with Crippen LogP contribution in [0, 0.1) is 0 Å². The third kappa shape index (κ3) is 2.14. The zero-order valence-electron chi connectivity index (χ0n) is 7.91. The average Bonchev–Trinajstić information content (AvgIpc) is 2.19. The van der Waals surface area contributed by atoms with E-state index in [1.165, 1.54) is 7.11 Å². The van der Waals surface area contributed by atoms with E-state index in [-0.39, 0.29) is 12.8 Å². The largest absolute Gasteiger partial charge is 0.480 e. The summed E-state index contributed by atoms with van der Waals surface area (Å²) in [6.07, 6.45) is -0.205. The van der Waals surface area contributed by atoms with Crippen LogP contribution >= 0.6 is 0 Å². The van der Waals surface area contributed by atoms with Crippen LogP contribution in [-0.2, 0) is 14.3 Å². The molecule has 0 unspecified atom stereocenters. The second kappa shape index (κ2) is 4.28. The second-order valence-corrected chi connectivity index (χ2v) is 3.12. The first-order valence-corrected chi connectivity index (χ1v) is 4.28. The summed E-state index contributed by atoms with van der Waals surface area (Å²) in [6.45, 7) is 0.659. The Balaban J connectivity index is 2.70. The first-order valence-electron chi connectivity index (χ1n) is 4.28. The Bertz CT molecular complexity index is 234. The van der Waals surface area contributed by atoms with Crippen molar-refractivity contribution in [2.45, 2.75) is 18.4 Å². The molecule has 0 aromatic carbocycles. The molecule has 80 valence electrons. The number of hydrogen-bond donors (Lipinski definition) is 2. The standard InChI is InChI=1S/C8H13NO5/c1-13-7(12)9-8(6(10)11)2-4-14-5-3-8/h2-5H2,1H3,(H,9,12)(H,10,11). The maximum absolute atomic E-state index is 11.0. The molecule has 1 fully saturated rings. The van der Waals surface area contributed by atoms with Crippen molar-refractivity contribution in [3.63, 3.8) is 0 Å². The van der Waals surface area contributed by atoms with Crippen LogP contribution < -0.4 is 5.32 Å². The van der Waals surface area contributed by atoms with Gasteiger partial charge < -0.3 is 19.9 Å². The van der Waals surface area contributed by atoms with Gasteiger partial charge in [0.25, 0.3) is 0 Å². The fraction of sp³-hybridized carbons (Fsp3) is 0.750. The Kier molecular flexibility index (Phi) is 3.29. The zero-order chi connectivity index (χ0) is 10.6. The van der Waals surface area contributed by atoms with E-state index in [9.17, 15) is 9.59 Å². The SMILES string of the molecule is COC(=O)NC1(C(=O)O)CCOCC1. The van der Waals surface area contributed by atoms with Gasteiger partial charge in [0.2, 0.25) is 0 Å². The lowest BCUT2D eigenvalue weighted by atomic mass is 9.90. The summed E-state index contributed by atoms with van der Waals surface area (Å²) in [5.74, 6) is -1.05. The summed E-state index contributed by atoms with van der Waals surface area (Å²) < 4.78 is 9.41. The van der Waals surface area contributed by atoms with Crippen LogP contribution in [0.15, 0.2) is 0 Å². The van der Waals surface area contributed by atoms with Crippen LogP contribution in [0.3, 0.4) is 0 Å². The Labute approximate surface area is 81.2 Å². The van der Waals surface area contributed by atoms with Crippen molar-refractivity contribution < 1.29 is 24.2 Å². The Morgan fingerprint density at radius 3 is 2.43 bits per heavy atom. The van der Waals surface area contributed by atoms with Gasteiger partial charge in [-0.05, 0) is 0 Å². The highest BCUT2D eigenvalue weighted by atomic mass is 16.5. The maximum Gasteiger partial charge on any atom is 0.407 e. The van der Waals surface area contributed by atoms with Crippen molar-refractivity contribution in [2.24, 2.45) is 0 Å². The minimum absolute atomic E-state index is 0.261. The van der Waals surface area contributed by atoms with Crippen LogP contribution in [0.1, 0.15) is 12.8 Å². The van der Waals surface area contributed by atoms with E-state index < -0.39 is 17.6 Å². The number of carbonyl (C=O) groups is 2. The molecule has 0 saturated carbocycles. The number of ether oxygens (including phenoxy) is 2. The van der Waals surface area contributed by atoms with Gasteiger partial charge in [0.1, 0.15) is 5.54 Å². The molecule has 14 heavy (non-hydrogen) atoms. The molecule has 1 aliphatic heterocycles. The average molecular weight is 203 g/mol. The molecule has 0 aliphatic carbocycles. The van der Waals surface area contributed by atoms with Crippen molar-refractivity contribution >= 4 is 12.1 Å². The number of carboxylic acid groups (broad SMARTS) is 1. The monoisotopic (exact) mass is 203 g/mol. The number of hydrogen-bond acceptors (Lipinski definition) is 4. The highest BCUT2D eigenvalue weighted by molar-refractivity contribution is 5.84. The third-order valence-corrected chi connectivity index (χ3v) is 2.28. The number of carbonyl (C=O) groups excluding carboxylic acids is 1. The summed E-state index contributed by atoms with van der Waals surface area (Å²) in [7, 11) is 1.20. The number of rotatable bonds is 2. The lowest BCUT2D eigenvalue weighted by Gasteiger charge is -2.33. The first kappa shape index (κ1) is 10.8. The molecule has 1 aliphatic rings. The Morgan fingerprint density at radius 1 is 1.43 bits per heavy atom. The number of alkyl carbamates (subject to hydrolysis) is 1. The van der Waals surface area contributed by atoms with E-state index in [0.717, 1.165) is 0 Å². The summed E-state index contributed by atoms with van der Waals surface area (Å²) in [5.41, 5.74) is -1.23. The molecule has 1 amide bonds. The van der Waals surface area contributed by atoms with E-state index in [2.05, 4.69) is 10.1 Å². The molecule has 0 aromatic rings. The van der Waals surface area contributed by atoms with Gasteiger partial charge in [-0.3, -0.25) is 0 Å². The molecule has 0 aromatic heterocycles. The maximum atomic E-state index is 11.0. The predicted octanol–water partition coefficient (Wildman–Crippen LogP) is -0.0238. The van der Waals surface area contributed by atoms with Gasteiger partial charge in [0.15, 0.2) is 0 Å². The molecule has 6 nitrogen and oxygen atoms in total. The molecule has 0 radical (unpaired) electrons. The Morgan fingerprint density at radius 2 is 2.00 bits per heavy atom. The lowest BCUT2D eigenvalue weighted by molar-refractivity contribution is -0.148. The highest BCUT2D eigenvalue weighted by Gasteiger charge is 2.41. The van der Waals surface area contributed by atoms with Crippen molar-refractivity contribution in [3.8, 4) is 0 Å². The van der Waals surface area contributed by atoms with Gasteiger partial charge >= 0.3 is 12.1 Å². The van der Waals surface area contributed by atoms with Crippen LogP contribution in [0.4, 0.5) is 4.79 Å². The minimum Gasteiger partial charge on any atom is -0.480 e. The number of aliphatic carboxylic acids is 1. The molecule has 0 atom stereocenters. The van der Waals surface area contributed by atoms with Crippen LogP contribution in [0.5, 0.6) is 0 Å². The highest BCUT2D eigenvalue weighted by Crippen LogP contribution is 2.21. The zero-order valence-corrected chi connectivity index (χ0v) is 7.91. The number of nitrogens with one attached hydrogen (secondary N) is 1. The summed E-state index contributed by atoms with van der Waals surface area (Å²) >= 11 is 0. The molecule has 0 bridgehead atoms. The summed E-state index contributed by atoms with van der Waals surface area (Å²) in [5, 5.41) is 11.3. The first-order chi connectivity index (χ1) is 6.60. The van der Waals surface area contributed by atoms with Gasteiger partial charge in [-0.1, -0.05) is 0 Å². The lowest BCUT2D eigenvalue weighted by Crippen LogP contribution is -2.57. The number of amides is 1. The molecule has 1 heterocycles. The summed E-state index contributed by atoms with van der Waals surface area (Å²) in [6, 6.07) is 0. The fourth-order valence-electron chi connectivity index (χ4n) is 1.36.